The minimum atomic E-state index is -3.06. The lowest BCUT2D eigenvalue weighted by molar-refractivity contribution is 0.601. The molecule has 0 spiro atoms. The first-order valence-electron chi connectivity index (χ1n) is 3.61. The molecule has 1 rings (SSSR count). The zero-order valence-electron chi connectivity index (χ0n) is 7.12. The van der Waals surface area contributed by atoms with Crippen molar-refractivity contribution >= 4 is 27.1 Å². The molecule has 0 fully saturated rings. The van der Waals surface area contributed by atoms with Gasteiger partial charge in [0.15, 0.2) is 9.84 Å². The van der Waals surface area contributed by atoms with Crippen LogP contribution >= 0.6 is 11.6 Å². The molecular formula is C8H10ClNO2S. The van der Waals surface area contributed by atoms with Crippen LogP contribution < -0.4 is 5.73 Å². The largest absolute Gasteiger partial charge is 0.397 e. The smallest absolute Gasteiger partial charge is 0.151 e. The summed E-state index contributed by atoms with van der Waals surface area (Å²) < 4.78 is 21.9. The van der Waals surface area contributed by atoms with Crippen molar-refractivity contribution in [2.75, 3.05) is 12.0 Å². The Morgan fingerprint density at radius 3 is 2.62 bits per heavy atom. The van der Waals surface area contributed by atoms with E-state index in [1.165, 1.54) is 0 Å². The predicted molar refractivity (Wildman–Crippen MR) is 54.4 cm³/mol. The van der Waals surface area contributed by atoms with Crippen molar-refractivity contribution in [2.45, 2.75) is 5.75 Å². The molecule has 0 aliphatic heterocycles. The molecule has 2 N–H and O–H groups in total. The van der Waals surface area contributed by atoms with Crippen molar-refractivity contribution in [3.63, 3.8) is 0 Å². The topological polar surface area (TPSA) is 60.2 Å². The Morgan fingerprint density at radius 2 is 2.08 bits per heavy atom. The summed E-state index contributed by atoms with van der Waals surface area (Å²) in [6, 6.07) is 4.96. The van der Waals surface area contributed by atoms with Crippen molar-refractivity contribution in [1.29, 1.82) is 0 Å². The van der Waals surface area contributed by atoms with E-state index in [2.05, 4.69) is 0 Å². The minimum Gasteiger partial charge on any atom is -0.397 e. The number of anilines is 1. The van der Waals surface area contributed by atoms with Crippen LogP contribution in [0.1, 0.15) is 5.56 Å². The zero-order chi connectivity index (χ0) is 10.1. The van der Waals surface area contributed by atoms with Gasteiger partial charge in [-0.05, 0) is 11.6 Å². The summed E-state index contributed by atoms with van der Waals surface area (Å²) in [7, 11) is -3.06. The second-order valence-electron chi connectivity index (χ2n) is 2.88. The van der Waals surface area contributed by atoms with E-state index in [0.29, 0.717) is 16.3 Å². The summed E-state index contributed by atoms with van der Waals surface area (Å²) >= 11 is 5.72. The Balaban J connectivity index is 3.10. The van der Waals surface area contributed by atoms with Crippen molar-refractivity contribution in [3.8, 4) is 0 Å². The molecule has 72 valence electrons. The number of para-hydroxylation sites is 1. The lowest BCUT2D eigenvalue weighted by Gasteiger charge is -2.04. The minimum absolute atomic E-state index is 0.0700. The number of nitrogen functional groups attached to an aromatic ring is 1. The highest BCUT2D eigenvalue weighted by Crippen LogP contribution is 2.23. The van der Waals surface area contributed by atoms with E-state index >= 15 is 0 Å². The summed E-state index contributed by atoms with van der Waals surface area (Å²) in [4.78, 5) is 0. The number of hydrogen-bond donors (Lipinski definition) is 1. The summed E-state index contributed by atoms with van der Waals surface area (Å²) in [6.07, 6.45) is 1.16. The first-order chi connectivity index (χ1) is 5.90. The average molecular weight is 220 g/mol. The molecule has 0 bridgehead atoms. The fourth-order valence-electron chi connectivity index (χ4n) is 0.990. The summed E-state index contributed by atoms with van der Waals surface area (Å²) in [5.41, 5.74) is 6.49. The second-order valence-corrected chi connectivity index (χ2v) is 5.43. The van der Waals surface area contributed by atoms with Gasteiger partial charge in [0, 0.05) is 6.26 Å². The molecular weight excluding hydrogens is 210 g/mol. The molecule has 3 nitrogen and oxygen atoms in total. The van der Waals surface area contributed by atoms with Crippen LogP contribution in [0.3, 0.4) is 0 Å². The van der Waals surface area contributed by atoms with E-state index in [9.17, 15) is 8.42 Å². The summed E-state index contributed by atoms with van der Waals surface area (Å²) in [6.45, 7) is 0. The molecule has 0 aromatic heterocycles. The van der Waals surface area contributed by atoms with Crippen LogP contribution in [0.25, 0.3) is 0 Å². The van der Waals surface area contributed by atoms with Gasteiger partial charge in [-0.1, -0.05) is 23.7 Å². The number of nitrogens with two attached hydrogens (primary N) is 1. The summed E-state index contributed by atoms with van der Waals surface area (Å²) in [5, 5.41) is 0.390. The van der Waals surface area contributed by atoms with Crippen molar-refractivity contribution in [2.24, 2.45) is 0 Å². The van der Waals surface area contributed by atoms with E-state index in [1.807, 2.05) is 0 Å². The molecule has 0 aliphatic rings. The maximum Gasteiger partial charge on any atom is 0.151 e. The van der Waals surface area contributed by atoms with Gasteiger partial charge in [0.1, 0.15) is 0 Å². The SMILES string of the molecule is CS(=O)(=O)Cc1cccc(Cl)c1N. The van der Waals surface area contributed by atoms with Gasteiger partial charge in [-0.2, -0.15) is 0 Å². The molecule has 0 heterocycles. The molecule has 0 saturated carbocycles. The fourth-order valence-corrected chi connectivity index (χ4v) is 2.00. The highest BCUT2D eigenvalue weighted by atomic mass is 35.5. The molecule has 5 heteroatoms. The van der Waals surface area contributed by atoms with Gasteiger partial charge >= 0.3 is 0 Å². The second kappa shape index (κ2) is 3.55. The molecule has 0 radical (unpaired) electrons. The van der Waals surface area contributed by atoms with Crippen LogP contribution in [0, 0.1) is 0 Å². The molecule has 0 saturated heterocycles. The quantitative estimate of drug-likeness (QED) is 0.767. The third-order valence-corrected chi connectivity index (χ3v) is 2.73. The number of sulfone groups is 1. The van der Waals surface area contributed by atoms with E-state index in [-0.39, 0.29) is 5.75 Å². The Hall–Kier alpha value is -0.740. The Morgan fingerprint density at radius 1 is 1.46 bits per heavy atom. The Kier molecular flexibility index (Phi) is 2.83. The number of benzene rings is 1. The van der Waals surface area contributed by atoms with Gasteiger partial charge in [-0.25, -0.2) is 8.42 Å². The van der Waals surface area contributed by atoms with Gasteiger partial charge in [-0.15, -0.1) is 0 Å². The molecule has 0 atom stereocenters. The molecule has 13 heavy (non-hydrogen) atoms. The highest BCUT2D eigenvalue weighted by molar-refractivity contribution is 7.89. The van der Waals surface area contributed by atoms with Gasteiger partial charge in [0.2, 0.25) is 0 Å². The first-order valence-corrected chi connectivity index (χ1v) is 6.04. The first kappa shape index (κ1) is 10.3. The molecule has 1 aromatic rings. The molecule has 0 aliphatic carbocycles. The summed E-state index contributed by atoms with van der Waals surface area (Å²) in [5.74, 6) is -0.0700. The fraction of sp³-hybridized carbons (Fsp3) is 0.250. The maximum absolute atomic E-state index is 11.0. The molecule has 0 unspecified atom stereocenters. The zero-order valence-corrected chi connectivity index (χ0v) is 8.69. The maximum atomic E-state index is 11.0. The Bertz CT molecular complexity index is 414. The molecule has 1 aromatic carbocycles. The lowest BCUT2D eigenvalue weighted by atomic mass is 10.2. The monoisotopic (exact) mass is 219 g/mol. The van der Waals surface area contributed by atoms with E-state index in [1.54, 1.807) is 18.2 Å². The molecule has 0 amide bonds. The van der Waals surface area contributed by atoms with E-state index in [0.717, 1.165) is 6.26 Å². The number of rotatable bonds is 2. The predicted octanol–water partition coefficient (Wildman–Crippen LogP) is 1.47. The lowest BCUT2D eigenvalue weighted by Crippen LogP contribution is -2.04. The van der Waals surface area contributed by atoms with Crippen LogP contribution in [-0.2, 0) is 15.6 Å². The van der Waals surface area contributed by atoms with E-state index in [4.69, 9.17) is 17.3 Å². The van der Waals surface area contributed by atoms with Crippen molar-refractivity contribution < 1.29 is 8.42 Å². The normalized spacial score (nSPS) is 11.5. The van der Waals surface area contributed by atoms with Crippen molar-refractivity contribution in [3.05, 3.63) is 28.8 Å². The van der Waals surface area contributed by atoms with Gasteiger partial charge < -0.3 is 5.73 Å². The van der Waals surface area contributed by atoms with Crippen LogP contribution in [0.4, 0.5) is 5.69 Å². The number of hydrogen-bond acceptors (Lipinski definition) is 3. The van der Waals surface area contributed by atoms with Crippen LogP contribution in [-0.4, -0.2) is 14.7 Å². The standard InChI is InChI=1S/C8H10ClNO2S/c1-13(11,12)5-6-3-2-4-7(9)8(6)10/h2-4H,5,10H2,1H3. The van der Waals surface area contributed by atoms with Crippen LogP contribution in [0.5, 0.6) is 0 Å². The van der Waals surface area contributed by atoms with Gasteiger partial charge in [0.25, 0.3) is 0 Å². The van der Waals surface area contributed by atoms with Gasteiger partial charge in [-0.3, -0.25) is 0 Å². The van der Waals surface area contributed by atoms with Gasteiger partial charge in [0.05, 0.1) is 16.5 Å². The average Bonchev–Trinajstić information content (AvgIpc) is 1.96. The third kappa shape index (κ3) is 2.90. The van der Waals surface area contributed by atoms with Crippen molar-refractivity contribution in [1.82, 2.24) is 0 Å². The van der Waals surface area contributed by atoms with Crippen LogP contribution in [0.2, 0.25) is 5.02 Å². The Labute approximate surface area is 82.4 Å². The van der Waals surface area contributed by atoms with E-state index < -0.39 is 9.84 Å². The van der Waals surface area contributed by atoms with Crippen LogP contribution in [0.15, 0.2) is 18.2 Å². The third-order valence-electron chi connectivity index (χ3n) is 1.56. The number of halogens is 1. The highest BCUT2D eigenvalue weighted by Gasteiger charge is 2.08.